The van der Waals surface area contributed by atoms with E-state index in [9.17, 15) is 0 Å². The SMILES string of the molecule is [B]c1ccc(-c2ccc(CN=C(N=C(N=C)c3cc(C(C)(C)C)cc(C(C)(C)C)c3)c3cc(C(C)(C)C)cc(C(C)(C)C)c3)cn2)cc1. The molecule has 0 unspecified atom stereocenters. The Kier molecular flexibility index (Phi) is 10.5. The van der Waals surface area contributed by atoms with Crippen LogP contribution in [0.3, 0.4) is 0 Å². The Morgan fingerprint density at radius 3 is 1.42 bits per heavy atom. The summed E-state index contributed by atoms with van der Waals surface area (Å²) in [6, 6.07) is 25.3. The van der Waals surface area contributed by atoms with Crippen LogP contribution in [-0.4, -0.2) is 31.2 Å². The second kappa shape index (κ2) is 13.8. The van der Waals surface area contributed by atoms with Crippen molar-refractivity contribution in [2.24, 2.45) is 15.0 Å². The molecule has 4 nitrogen and oxygen atoms in total. The van der Waals surface area contributed by atoms with Crippen LogP contribution in [0.5, 0.6) is 0 Å². The highest BCUT2D eigenvalue weighted by molar-refractivity contribution is 6.32. The molecule has 0 saturated heterocycles. The lowest BCUT2D eigenvalue weighted by Gasteiger charge is -2.26. The molecule has 48 heavy (non-hydrogen) atoms. The van der Waals surface area contributed by atoms with Gasteiger partial charge in [0.1, 0.15) is 7.85 Å². The van der Waals surface area contributed by atoms with Crippen molar-refractivity contribution >= 4 is 31.7 Å². The molecule has 248 valence electrons. The van der Waals surface area contributed by atoms with Crippen molar-refractivity contribution in [1.82, 2.24) is 4.98 Å². The number of rotatable bonds is 5. The molecule has 5 heteroatoms. The van der Waals surface area contributed by atoms with E-state index in [2.05, 4.69) is 137 Å². The van der Waals surface area contributed by atoms with Gasteiger partial charge in [0.2, 0.25) is 0 Å². The van der Waals surface area contributed by atoms with Gasteiger partial charge in [-0.25, -0.2) is 9.98 Å². The standard InChI is InChI=1S/C43H53BN4/c1-40(2,3)32-20-30(21-33(24-32)41(4,5)6)38(45-13)48-39(31-22-34(42(7,8)9)25-35(23-31)43(10,11)12)47-27-28-14-19-37(46-26-28)29-15-17-36(44)18-16-29/h14-26H,13,27H2,1-12H3. The van der Waals surface area contributed by atoms with Crippen LogP contribution in [0.25, 0.3) is 11.3 Å². The average Bonchev–Trinajstić information content (AvgIpc) is 3.00. The van der Waals surface area contributed by atoms with E-state index in [0.29, 0.717) is 18.2 Å². The summed E-state index contributed by atoms with van der Waals surface area (Å²) < 4.78 is 0. The van der Waals surface area contributed by atoms with Crippen LogP contribution in [0, 0.1) is 0 Å². The lowest BCUT2D eigenvalue weighted by molar-refractivity contribution is 0.568. The van der Waals surface area contributed by atoms with E-state index in [1.807, 2.05) is 36.5 Å². The predicted octanol–water partition coefficient (Wildman–Crippen LogP) is 9.83. The van der Waals surface area contributed by atoms with Gasteiger partial charge in [0.15, 0.2) is 11.7 Å². The molecule has 3 aromatic carbocycles. The third-order valence-corrected chi connectivity index (χ3v) is 8.65. The molecule has 1 aromatic heterocycles. The summed E-state index contributed by atoms with van der Waals surface area (Å²) in [7, 11) is 5.89. The van der Waals surface area contributed by atoms with Gasteiger partial charge in [0, 0.05) is 22.9 Å². The van der Waals surface area contributed by atoms with Crippen LogP contribution in [0.2, 0.25) is 0 Å². The quantitative estimate of drug-likeness (QED) is 0.122. The molecule has 0 amide bonds. The van der Waals surface area contributed by atoms with E-state index < -0.39 is 0 Å². The largest absolute Gasteiger partial charge is 0.261 e. The summed E-state index contributed by atoms with van der Waals surface area (Å²) in [5.74, 6) is 1.18. The molecule has 0 saturated carbocycles. The van der Waals surface area contributed by atoms with Gasteiger partial charge >= 0.3 is 0 Å². The van der Waals surface area contributed by atoms with Gasteiger partial charge in [-0.05, 0) is 86.5 Å². The molecular weight excluding hydrogens is 583 g/mol. The van der Waals surface area contributed by atoms with Crippen LogP contribution in [-0.2, 0) is 28.2 Å². The van der Waals surface area contributed by atoms with E-state index in [1.54, 1.807) is 0 Å². The van der Waals surface area contributed by atoms with Gasteiger partial charge < -0.3 is 0 Å². The fraction of sp³-hybridized carbons (Fsp3) is 0.395. The Bertz CT molecular complexity index is 1750. The third kappa shape index (κ3) is 9.27. The fourth-order valence-electron chi connectivity index (χ4n) is 5.24. The minimum absolute atomic E-state index is 0.0482. The van der Waals surface area contributed by atoms with Crippen molar-refractivity contribution in [3.05, 3.63) is 118 Å². The summed E-state index contributed by atoms with van der Waals surface area (Å²) in [6.45, 7) is 31.3. The summed E-state index contributed by atoms with van der Waals surface area (Å²) >= 11 is 0. The number of amidine groups is 2. The first-order valence-electron chi connectivity index (χ1n) is 16.9. The van der Waals surface area contributed by atoms with Crippen molar-refractivity contribution in [2.75, 3.05) is 0 Å². The van der Waals surface area contributed by atoms with Crippen LogP contribution >= 0.6 is 0 Å². The van der Waals surface area contributed by atoms with Crippen molar-refractivity contribution in [3.8, 4) is 11.3 Å². The maximum absolute atomic E-state index is 5.89. The number of hydrogen-bond donors (Lipinski definition) is 0. The Balaban J connectivity index is 1.91. The van der Waals surface area contributed by atoms with E-state index in [-0.39, 0.29) is 21.7 Å². The molecule has 4 rings (SSSR count). The molecule has 0 aliphatic carbocycles. The summed E-state index contributed by atoms with van der Waals surface area (Å²) in [5, 5.41) is 0. The Hall–Kier alpha value is -4.12. The van der Waals surface area contributed by atoms with Crippen LogP contribution < -0.4 is 5.46 Å². The molecule has 0 spiro atoms. The molecule has 0 atom stereocenters. The minimum atomic E-state index is -0.0607. The zero-order valence-electron chi connectivity index (χ0n) is 31.3. The van der Waals surface area contributed by atoms with Gasteiger partial charge in [-0.2, -0.15) is 0 Å². The number of aliphatic imine (C=N–C) groups is 3. The molecule has 4 aromatic rings. The minimum Gasteiger partial charge on any atom is -0.261 e. The monoisotopic (exact) mass is 636 g/mol. The normalized spacial score (nSPS) is 13.5. The first-order chi connectivity index (χ1) is 22.1. The molecule has 0 N–H and O–H groups in total. The number of benzene rings is 3. The summed E-state index contributed by atoms with van der Waals surface area (Å²) in [4.78, 5) is 19.6. The fourth-order valence-corrected chi connectivity index (χ4v) is 5.24. The smallest absolute Gasteiger partial charge is 0.161 e. The van der Waals surface area contributed by atoms with Crippen LogP contribution in [0.1, 0.15) is 122 Å². The zero-order chi connectivity index (χ0) is 35.7. The van der Waals surface area contributed by atoms with Crippen molar-refractivity contribution in [3.63, 3.8) is 0 Å². The van der Waals surface area contributed by atoms with Gasteiger partial charge in [-0.3, -0.25) is 9.98 Å². The van der Waals surface area contributed by atoms with Gasteiger partial charge in [-0.15, -0.1) is 0 Å². The maximum Gasteiger partial charge on any atom is 0.161 e. The van der Waals surface area contributed by atoms with Crippen LogP contribution in [0.4, 0.5) is 0 Å². The summed E-state index contributed by atoms with van der Waals surface area (Å²) in [6.07, 6.45) is 1.89. The zero-order valence-corrected chi connectivity index (χ0v) is 31.3. The molecule has 0 bridgehead atoms. The summed E-state index contributed by atoms with van der Waals surface area (Å²) in [5.41, 5.74) is 10.3. The van der Waals surface area contributed by atoms with Gasteiger partial charge in [0.05, 0.1) is 12.2 Å². The van der Waals surface area contributed by atoms with Gasteiger partial charge in [0.25, 0.3) is 0 Å². The van der Waals surface area contributed by atoms with Gasteiger partial charge in [-0.1, -0.05) is 131 Å². The topological polar surface area (TPSA) is 50.0 Å². The second-order valence-corrected chi connectivity index (χ2v) is 17.0. The first-order valence-corrected chi connectivity index (χ1v) is 16.9. The number of hydrogen-bond acceptors (Lipinski definition) is 2. The maximum atomic E-state index is 5.89. The number of pyridine rings is 1. The van der Waals surface area contributed by atoms with Crippen molar-refractivity contribution < 1.29 is 0 Å². The predicted molar refractivity (Wildman–Crippen MR) is 209 cm³/mol. The van der Waals surface area contributed by atoms with E-state index in [1.165, 1.54) is 22.3 Å². The number of nitrogens with zero attached hydrogens (tertiary/aromatic N) is 4. The van der Waals surface area contributed by atoms with E-state index in [4.69, 9.17) is 22.8 Å². The highest BCUT2D eigenvalue weighted by Crippen LogP contribution is 2.33. The highest BCUT2D eigenvalue weighted by atomic mass is 15.0. The van der Waals surface area contributed by atoms with Crippen molar-refractivity contribution in [2.45, 2.75) is 111 Å². The third-order valence-electron chi connectivity index (χ3n) is 8.65. The Labute approximate surface area is 291 Å². The average molecular weight is 637 g/mol. The lowest BCUT2D eigenvalue weighted by atomic mass is 9.79. The van der Waals surface area contributed by atoms with E-state index >= 15 is 0 Å². The Morgan fingerprint density at radius 2 is 1.04 bits per heavy atom. The highest BCUT2D eigenvalue weighted by Gasteiger charge is 2.24. The van der Waals surface area contributed by atoms with E-state index in [0.717, 1.165) is 33.4 Å². The molecule has 0 aliphatic rings. The molecule has 0 fully saturated rings. The molecule has 2 radical (unpaired) electrons. The molecular formula is C43H53BN4. The first kappa shape index (κ1) is 36.7. The van der Waals surface area contributed by atoms with Crippen LogP contribution in [0.15, 0.2) is 94.0 Å². The lowest BCUT2D eigenvalue weighted by Crippen LogP contribution is -2.19. The number of aromatic nitrogens is 1. The molecule has 0 aliphatic heterocycles. The molecule has 1 heterocycles. The Morgan fingerprint density at radius 1 is 0.604 bits per heavy atom. The second-order valence-electron chi connectivity index (χ2n) is 17.0. The van der Waals surface area contributed by atoms with Crippen molar-refractivity contribution in [1.29, 1.82) is 0 Å².